The summed E-state index contributed by atoms with van der Waals surface area (Å²) in [5.74, 6) is -0.840. The SMILES string of the molecule is CC(C)[C@@H](NC(=O)OC(C)(C)C)C(=O)O[C@@H]1[C@@]2(C(C)C)O[C@H]2[C@@H]2O[C@]23[C@]12O[C@H]2C[C@H]1C2=C(CC[C@@]13C)C(=O)OC2. The average molecular weight is 560 g/mol. The summed E-state index contributed by atoms with van der Waals surface area (Å²) in [4.78, 5) is 38.9. The number of alkyl carbamates (subject to hydrolysis) is 1. The maximum atomic E-state index is 13.9. The van der Waals surface area contributed by atoms with Crippen molar-refractivity contribution in [2.75, 3.05) is 6.61 Å². The molecule has 7 aliphatic rings. The summed E-state index contributed by atoms with van der Waals surface area (Å²) < 4.78 is 37.3. The predicted octanol–water partition coefficient (Wildman–Crippen LogP) is 3.20. The number of carbonyl (C=O) groups is 3. The van der Waals surface area contributed by atoms with Crippen LogP contribution in [0.3, 0.4) is 0 Å². The maximum Gasteiger partial charge on any atom is 0.408 e. The Kier molecular flexibility index (Phi) is 5.21. The van der Waals surface area contributed by atoms with Crippen LogP contribution >= 0.6 is 0 Å². The standard InChI is InChI=1S/C30H41NO9/c1-13(2)19(31-25(34)40-26(5,6)7)23(33)36-24-28(14(3)4)20(38-28)21-30(39-21)27(8)10-9-15-16(12-35-22(15)32)17(27)11-18-29(24,30)37-18/h13-14,17-21,24H,9-12H2,1-8H3,(H,31,34)/t17-,18-,19+,20-,21-,24+,27-,28-,29+,30+/m0/s1. The van der Waals surface area contributed by atoms with E-state index in [0.29, 0.717) is 19.4 Å². The molecule has 5 fully saturated rings. The fourth-order valence-corrected chi connectivity index (χ4v) is 8.96. The van der Waals surface area contributed by atoms with Crippen LogP contribution in [-0.4, -0.2) is 77.5 Å². The van der Waals surface area contributed by atoms with E-state index in [1.54, 1.807) is 20.8 Å². The predicted molar refractivity (Wildman–Crippen MR) is 139 cm³/mol. The number of nitrogens with one attached hydrogen (secondary N) is 1. The van der Waals surface area contributed by atoms with Gasteiger partial charge in [0.25, 0.3) is 0 Å². The van der Waals surface area contributed by atoms with Gasteiger partial charge in [0.05, 0.1) is 6.10 Å². The van der Waals surface area contributed by atoms with Gasteiger partial charge in [-0.25, -0.2) is 14.4 Å². The molecule has 10 heteroatoms. The number of fused-ring (bicyclic) bond motifs is 4. The molecule has 0 aromatic carbocycles. The van der Waals surface area contributed by atoms with Crippen LogP contribution in [0.4, 0.5) is 4.79 Å². The highest BCUT2D eigenvalue weighted by Crippen LogP contribution is 2.83. The molecule has 3 aliphatic carbocycles. The Labute approximate surface area is 234 Å². The summed E-state index contributed by atoms with van der Waals surface area (Å²) in [6.45, 7) is 15.8. The number of rotatable bonds is 5. The van der Waals surface area contributed by atoms with Crippen LogP contribution in [0.5, 0.6) is 0 Å². The zero-order valence-electron chi connectivity index (χ0n) is 24.6. The molecule has 40 heavy (non-hydrogen) atoms. The number of cyclic esters (lactones) is 1. The number of amides is 1. The molecule has 0 aromatic heterocycles. The zero-order chi connectivity index (χ0) is 28.8. The van der Waals surface area contributed by atoms with Crippen LogP contribution in [0.15, 0.2) is 11.1 Å². The fourth-order valence-electron chi connectivity index (χ4n) is 8.96. The lowest BCUT2D eigenvalue weighted by Gasteiger charge is -2.53. The van der Waals surface area contributed by atoms with Crippen LogP contribution in [0, 0.1) is 23.2 Å². The van der Waals surface area contributed by atoms with Gasteiger partial charge < -0.3 is 33.7 Å². The largest absolute Gasteiger partial charge is 0.458 e. The quantitative estimate of drug-likeness (QED) is 0.307. The summed E-state index contributed by atoms with van der Waals surface area (Å²) in [6, 6.07) is -0.908. The van der Waals surface area contributed by atoms with E-state index in [-0.39, 0.29) is 47.4 Å². The normalized spacial score (nSPS) is 46.1. The molecular weight excluding hydrogens is 518 g/mol. The van der Waals surface area contributed by atoms with E-state index < -0.39 is 46.6 Å². The number of esters is 2. The summed E-state index contributed by atoms with van der Waals surface area (Å²) in [6.07, 6.45) is 0.162. The number of hydrogen-bond acceptors (Lipinski definition) is 9. The number of ether oxygens (including phenoxy) is 6. The van der Waals surface area contributed by atoms with Crippen molar-refractivity contribution in [3.05, 3.63) is 11.1 Å². The molecular formula is C30H41NO9. The minimum absolute atomic E-state index is 0.0418. The van der Waals surface area contributed by atoms with Crippen molar-refractivity contribution in [2.24, 2.45) is 23.2 Å². The van der Waals surface area contributed by atoms with E-state index >= 15 is 0 Å². The highest BCUT2D eigenvalue weighted by Gasteiger charge is 3.01. The van der Waals surface area contributed by atoms with Gasteiger partial charge in [0, 0.05) is 11.0 Å². The Morgan fingerprint density at radius 1 is 1.07 bits per heavy atom. The van der Waals surface area contributed by atoms with Gasteiger partial charge in [0.15, 0.2) is 11.7 Å². The zero-order valence-corrected chi connectivity index (χ0v) is 24.6. The minimum atomic E-state index is -0.908. The van der Waals surface area contributed by atoms with Crippen LogP contribution in [0.1, 0.15) is 74.7 Å². The molecule has 10 nitrogen and oxygen atoms in total. The van der Waals surface area contributed by atoms with Crippen LogP contribution < -0.4 is 5.32 Å². The van der Waals surface area contributed by atoms with Crippen LogP contribution in [0.2, 0.25) is 0 Å². The lowest BCUT2D eigenvalue weighted by molar-refractivity contribution is -0.172. The molecule has 0 bridgehead atoms. The highest BCUT2D eigenvalue weighted by molar-refractivity contribution is 5.92. The smallest absolute Gasteiger partial charge is 0.408 e. The molecule has 3 saturated heterocycles. The molecule has 7 rings (SSSR count). The van der Waals surface area contributed by atoms with Gasteiger partial charge in [-0.3, -0.25) is 0 Å². The highest BCUT2D eigenvalue weighted by atomic mass is 16.8. The Hall–Kier alpha value is -2.17. The maximum absolute atomic E-state index is 13.9. The Bertz CT molecular complexity index is 1240. The van der Waals surface area contributed by atoms with E-state index in [4.69, 9.17) is 28.4 Å². The minimum Gasteiger partial charge on any atom is -0.458 e. The first-order valence-corrected chi connectivity index (χ1v) is 14.8. The molecule has 0 unspecified atom stereocenters. The molecule has 220 valence electrons. The second-order valence-corrected chi connectivity index (χ2v) is 14.7. The third-order valence-corrected chi connectivity index (χ3v) is 10.9. The fraction of sp³-hybridized carbons (Fsp3) is 0.833. The van der Waals surface area contributed by atoms with E-state index in [1.165, 1.54) is 0 Å². The monoisotopic (exact) mass is 559 g/mol. The summed E-state index contributed by atoms with van der Waals surface area (Å²) >= 11 is 0. The van der Waals surface area contributed by atoms with Crippen LogP contribution in [0.25, 0.3) is 0 Å². The number of epoxide rings is 3. The molecule has 1 N–H and O–H groups in total. The van der Waals surface area contributed by atoms with Gasteiger partial charge in [0.1, 0.15) is 41.7 Å². The lowest BCUT2D eigenvalue weighted by atomic mass is 9.46. The van der Waals surface area contributed by atoms with Gasteiger partial charge >= 0.3 is 18.0 Å². The summed E-state index contributed by atoms with van der Waals surface area (Å²) in [7, 11) is 0. The van der Waals surface area contributed by atoms with E-state index in [0.717, 1.165) is 17.6 Å². The van der Waals surface area contributed by atoms with Crippen LogP contribution in [-0.2, 0) is 38.0 Å². The van der Waals surface area contributed by atoms with Crippen molar-refractivity contribution in [1.82, 2.24) is 5.32 Å². The Morgan fingerprint density at radius 3 is 2.45 bits per heavy atom. The second-order valence-electron chi connectivity index (χ2n) is 14.7. The molecule has 2 spiro atoms. The summed E-state index contributed by atoms with van der Waals surface area (Å²) in [5, 5.41) is 2.73. The summed E-state index contributed by atoms with van der Waals surface area (Å²) in [5.41, 5.74) is -1.39. The van der Waals surface area contributed by atoms with E-state index in [2.05, 4.69) is 26.1 Å². The average Bonchev–Trinajstić information content (AvgIpc) is 3.75. The number of hydrogen-bond donors (Lipinski definition) is 1. The van der Waals surface area contributed by atoms with Gasteiger partial charge in [0.2, 0.25) is 0 Å². The van der Waals surface area contributed by atoms with Crippen molar-refractivity contribution in [1.29, 1.82) is 0 Å². The third kappa shape index (κ3) is 3.08. The lowest BCUT2D eigenvalue weighted by Crippen LogP contribution is -2.70. The third-order valence-electron chi connectivity index (χ3n) is 10.9. The second kappa shape index (κ2) is 7.81. The van der Waals surface area contributed by atoms with Gasteiger partial charge in [-0.15, -0.1) is 0 Å². The van der Waals surface area contributed by atoms with Gasteiger partial charge in [-0.2, -0.15) is 0 Å². The van der Waals surface area contributed by atoms with Crippen molar-refractivity contribution < 1.29 is 42.8 Å². The Balaban J connectivity index is 1.23. The molecule has 4 heterocycles. The molecule has 0 radical (unpaired) electrons. The molecule has 10 atom stereocenters. The molecule has 0 aromatic rings. The topological polar surface area (TPSA) is 129 Å². The first-order valence-electron chi connectivity index (χ1n) is 14.8. The van der Waals surface area contributed by atoms with Crippen molar-refractivity contribution in [3.63, 3.8) is 0 Å². The van der Waals surface area contributed by atoms with E-state index in [1.807, 2.05) is 13.8 Å². The first-order chi connectivity index (χ1) is 18.6. The molecule has 4 aliphatic heterocycles. The Morgan fingerprint density at radius 2 is 1.80 bits per heavy atom. The first kappa shape index (κ1) is 26.7. The molecule has 1 amide bonds. The van der Waals surface area contributed by atoms with Crippen molar-refractivity contribution >= 4 is 18.0 Å². The van der Waals surface area contributed by atoms with Gasteiger partial charge in [-0.05, 0) is 63.4 Å². The van der Waals surface area contributed by atoms with Gasteiger partial charge in [-0.1, -0.05) is 34.6 Å². The van der Waals surface area contributed by atoms with E-state index in [9.17, 15) is 14.4 Å². The molecule has 2 saturated carbocycles. The van der Waals surface area contributed by atoms with Crippen molar-refractivity contribution in [2.45, 2.75) is 128 Å². The van der Waals surface area contributed by atoms with Crippen molar-refractivity contribution in [3.8, 4) is 0 Å². The number of carbonyl (C=O) groups excluding carboxylic acids is 3.